The molecular weight excluding hydrogens is 218 g/mol. The molecule has 0 fully saturated rings. The zero-order valence-corrected chi connectivity index (χ0v) is 11.0. The van der Waals surface area contributed by atoms with Crippen LogP contribution in [0.2, 0.25) is 0 Å². The third kappa shape index (κ3) is 4.19. The third-order valence-corrected chi connectivity index (χ3v) is 2.41. The summed E-state index contributed by atoms with van der Waals surface area (Å²) in [6.07, 6.45) is 3.37. The molecule has 0 amide bonds. The molecule has 1 aromatic heterocycles. The predicted octanol–water partition coefficient (Wildman–Crippen LogP) is 1.27. The smallest absolute Gasteiger partial charge is 0.359 e. The van der Waals surface area contributed by atoms with Crippen LogP contribution in [0.3, 0.4) is 0 Å². The molecule has 1 rings (SSSR count). The highest BCUT2D eigenvalue weighted by molar-refractivity contribution is 5.88. The summed E-state index contributed by atoms with van der Waals surface area (Å²) in [4.78, 5) is 11.7. The minimum atomic E-state index is -0.363. The first-order valence-electron chi connectivity index (χ1n) is 5.82. The van der Waals surface area contributed by atoms with Gasteiger partial charge in [0.1, 0.15) is 0 Å². The molecule has 0 saturated carbocycles. The molecule has 5 nitrogen and oxygen atoms in total. The molecule has 0 spiro atoms. The Hall–Kier alpha value is -1.36. The Morgan fingerprint density at radius 3 is 2.76 bits per heavy atom. The molecule has 0 aromatic carbocycles. The molecule has 0 atom stereocenters. The van der Waals surface area contributed by atoms with Crippen LogP contribution in [0.4, 0.5) is 0 Å². The topological polar surface area (TPSA) is 70.1 Å². The van der Waals surface area contributed by atoms with E-state index < -0.39 is 0 Å². The van der Waals surface area contributed by atoms with E-state index in [0.29, 0.717) is 12.3 Å². The Labute approximate surface area is 102 Å². The van der Waals surface area contributed by atoms with Crippen molar-refractivity contribution < 1.29 is 9.53 Å². The largest absolute Gasteiger partial charge is 0.461 e. The van der Waals surface area contributed by atoms with Crippen LogP contribution in [0.25, 0.3) is 0 Å². The Morgan fingerprint density at radius 1 is 1.59 bits per heavy atom. The fourth-order valence-corrected chi connectivity index (χ4v) is 1.55. The molecule has 96 valence electrons. The van der Waals surface area contributed by atoms with Crippen LogP contribution in [-0.4, -0.2) is 27.9 Å². The summed E-state index contributed by atoms with van der Waals surface area (Å²) < 4.78 is 6.60. The molecule has 0 unspecified atom stereocenters. The number of aryl methyl sites for hydroxylation is 2. The van der Waals surface area contributed by atoms with E-state index in [0.717, 1.165) is 18.4 Å². The van der Waals surface area contributed by atoms with Crippen LogP contribution in [0.1, 0.15) is 43.2 Å². The fraction of sp³-hybridized carbons (Fsp3) is 0.667. The number of carbonyl (C=O) groups excluding carboxylic acids is 1. The lowest BCUT2D eigenvalue weighted by atomic mass is 9.97. The van der Waals surface area contributed by atoms with Gasteiger partial charge in [-0.25, -0.2) is 4.79 Å². The van der Waals surface area contributed by atoms with E-state index in [2.05, 4.69) is 5.10 Å². The summed E-state index contributed by atoms with van der Waals surface area (Å²) >= 11 is 0. The molecule has 0 aliphatic heterocycles. The summed E-state index contributed by atoms with van der Waals surface area (Å²) in [6.45, 7) is 6.07. The standard InChI is InChI=1S/C12H21N3O2/c1-5-17-11(16)10-9(8-15(4)14-10)6-7-12(2,3)13/h8H,5-7,13H2,1-4H3. The predicted molar refractivity (Wildman–Crippen MR) is 65.8 cm³/mol. The second-order valence-electron chi connectivity index (χ2n) is 4.89. The highest BCUT2D eigenvalue weighted by Crippen LogP contribution is 2.15. The number of rotatable bonds is 5. The molecular formula is C12H21N3O2. The van der Waals surface area contributed by atoms with Gasteiger partial charge in [-0.15, -0.1) is 0 Å². The van der Waals surface area contributed by atoms with Crippen molar-refractivity contribution in [1.82, 2.24) is 9.78 Å². The van der Waals surface area contributed by atoms with Crippen LogP contribution in [0, 0.1) is 0 Å². The van der Waals surface area contributed by atoms with Crippen molar-refractivity contribution >= 4 is 5.97 Å². The maximum Gasteiger partial charge on any atom is 0.359 e. The molecule has 2 N–H and O–H groups in total. The third-order valence-electron chi connectivity index (χ3n) is 2.41. The summed E-state index contributed by atoms with van der Waals surface area (Å²) in [5.41, 5.74) is 6.98. The van der Waals surface area contributed by atoms with Gasteiger partial charge in [-0.05, 0) is 33.6 Å². The number of esters is 1. The van der Waals surface area contributed by atoms with Crippen molar-refractivity contribution in [2.75, 3.05) is 6.61 Å². The van der Waals surface area contributed by atoms with Gasteiger partial charge in [-0.2, -0.15) is 5.10 Å². The average Bonchev–Trinajstić information content (AvgIpc) is 2.56. The summed E-state index contributed by atoms with van der Waals surface area (Å²) in [5.74, 6) is -0.363. The molecule has 0 radical (unpaired) electrons. The van der Waals surface area contributed by atoms with E-state index in [4.69, 9.17) is 10.5 Å². The second kappa shape index (κ2) is 5.31. The lowest BCUT2D eigenvalue weighted by molar-refractivity contribution is 0.0517. The van der Waals surface area contributed by atoms with E-state index in [1.165, 1.54) is 0 Å². The lowest BCUT2D eigenvalue weighted by Gasteiger charge is -2.17. The Kier molecular flexibility index (Phi) is 4.28. The number of nitrogens with two attached hydrogens (primary N) is 1. The van der Waals surface area contributed by atoms with Gasteiger partial charge in [0.15, 0.2) is 5.69 Å². The number of hydrogen-bond donors (Lipinski definition) is 1. The molecule has 0 bridgehead atoms. The minimum absolute atomic E-state index is 0.248. The number of nitrogens with zero attached hydrogens (tertiary/aromatic N) is 2. The van der Waals surface area contributed by atoms with Gasteiger partial charge in [0, 0.05) is 24.3 Å². The minimum Gasteiger partial charge on any atom is -0.461 e. The van der Waals surface area contributed by atoms with E-state index in [1.54, 1.807) is 18.7 Å². The lowest BCUT2D eigenvalue weighted by Crippen LogP contribution is -2.32. The first-order valence-corrected chi connectivity index (χ1v) is 5.82. The van der Waals surface area contributed by atoms with Crippen LogP contribution in [-0.2, 0) is 18.2 Å². The maximum absolute atomic E-state index is 11.7. The SMILES string of the molecule is CCOC(=O)c1nn(C)cc1CCC(C)(C)N. The van der Waals surface area contributed by atoms with Crippen molar-refractivity contribution in [1.29, 1.82) is 0 Å². The fourth-order valence-electron chi connectivity index (χ4n) is 1.55. The number of hydrogen-bond acceptors (Lipinski definition) is 4. The summed E-state index contributed by atoms with van der Waals surface area (Å²) in [5, 5.41) is 4.13. The van der Waals surface area contributed by atoms with Crippen molar-refractivity contribution in [2.24, 2.45) is 12.8 Å². The van der Waals surface area contributed by atoms with E-state index >= 15 is 0 Å². The van der Waals surface area contributed by atoms with Gasteiger partial charge in [0.2, 0.25) is 0 Å². The first-order chi connectivity index (χ1) is 7.83. The van der Waals surface area contributed by atoms with Gasteiger partial charge in [0.25, 0.3) is 0 Å². The second-order valence-corrected chi connectivity index (χ2v) is 4.89. The van der Waals surface area contributed by atoms with E-state index in [-0.39, 0.29) is 11.5 Å². The van der Waals surface area contributed by atoms with Crippen LogP contribution >= 0.6 is 0 Å². The molecule has 0 aliphatic rings. The summed E-state index contributed by atoms with van der Waals surface area (Å²) in [6, 6.07) is 0. The van der Waals surface area contributed by atoms with Gasteiger partial charge in [-0.3, -0.25) is 4.68 Å². The maximum atomic E-state index is 11.7. The van der Waals surface area contributed by atoms with Crippen molar-refractivity contribution in [2.45, 2.75) is 39.2 Å². The van der Waals surface area contributed by atoms with Gasteiger partial charge >= 0.3 is 5.97 Å². The average molecular weight is 239 g/mol. The highest BCUT2D eigenvalue weighted by atomic mass is 16.5. The first kappa shape index (κ1) is 13.7. The molecule has 1 aromatic rings. The number of ether oxygens (including phenoxy) is 1. The normalized spacial score (nSPS) is 11.6. The molecule has 0 aliphatic carbocycles. The zero-order chi connectivity index (χ0) is 13.1. The van der Waals surface area contributed by atoms with Crippen LogP contribution < -0.4 is 5.73 Å². The Bertz CT molecular complexity index is 391. The summed E-state index contributed by atoms with van der Waals surface area (Å²) in [7, 11) is 1.79. The van der Waals surface area contributed by atoms with Crippen molar-refractivity contribution in [3.05, 3.63) is 17.5 Å². The van der Waals surface area contributed by atoms with Crippen LogP contribution in [0.5, 0.6) is 0 Å². The molecule has 1 heterocycles. The van der Waals surface area contributed by atoms with E-state index in [1.807, 2.05) is 20.0 Å². The van der Waals surface area contributed by atoms with Crippen LogP contribution in [0.15, 0.2) is 6.20 Å². The molecule has 17 heavy (non-hydrogen) atoms. The Balaban J connectivity index is 2.81. The quantitative estimate of drug-likeness (QED) is 0.785. The van der Waals surface area contributed by atoms with Gasteiger partial charge in [-0.1, -0.05) is 0 Å². The number of aromatic nitrogens is 2. The van der Waals surface area contributed by atoms with Gasteiger partial charge in [0.05, 0.1) is 6.61 Å². The number of carbonyl (C=O) groups is 1. The highest BCUT2D eigenvalue weighted by Gasteiger charge is 2.19. The zero-order valence-electron chi connectivity index (χ0n) is 11.0. The molecule has 0 saturated heterocycles. The molecule has 5 heteroatoms. The van der Waals surface area contributed by atoms with E-state index in [9.17, 15) is 4.79 Å². The monoisotopic (exact) mass is 239 g/mol. The van der Waals surface area contributed by atoms with Crippen molar-refractivity contribution in [3.8, 4) is 0 Å². The Morgan fingerprint density at radius 2 is 2.24 bits per heavy atom. The van der Waals surface area contributed by atoms with Gasteiger partial charge < -0.3 is 10.5 Å². The van der Waals surface area contributed by atoms with Crippen molar-refractivity contribution in [3.63, 3.8) is 0 Å².